The summed E-state index contributed by atoms with van der Waals surface area (Å²) in [5, 5.41) is 6.29. The lowest BCUT2D eigenvalue weighted by Gasteiger charge is -2.40. The molecule has 1 aliphatic heterocycles. The van der Waals surface area contributed by atoms with Crippen LogP contribution in [0.15, 0.2) is 36.4 Å². The Labute approximate surface area is 194 Å². The Morgan fingerprint density at radius 1 is 1.16 bits per heavy atom. The van der Waals surface area contributed by atoms with E-state index in [2.05, 4.69) is 29.5 Å². The number of anilines is 3. The number of likely N-dealkylation sites (N-methyl/N-ethyl adjacent to an activating group) is 1. The zero-order valence-electron chi connectivity index (χ0n) is 18.3. The molecule has 0 spiro atoms. The second-order valence-electron chi connectivity index (χ2n) is 7.87. The number of nitrogens with one attached hydrogen (secondary N) is 2. The van der Waals surface area contributed by atoms with E-state index in [1.54, 1.807) is 37.1 Å². The van der Waals surface area contributed by atoms with Gasteiger partial charge >= 0.3 is 6.03 Å². The van der Waals surface area contributed by atoms with E-state index in [-0.39, 0.29) is 42.3 Å². The number of carbonyl (C=O) groups excluding carboxylic acids is 2. The number of halogens is 2. The minimum atomic E-state index is -0.343. The van der Waals surface area contributed by atoms with Gasteiger partial charge in [0.05, 0.1) is 29.7 Å². The van der Waals surface area contributed by atoms with E-state index >= 15 is 0 Å². The minimum absolute atomic E-state index is 0. The number of nitrogens with zero attached hydrogens (tertiary/aromatic N) is 3. The average molecular weight is 466 g/mol. The molecule has 168 valence electrons. The average Bonchev–Trinajstić information content (AvgIpc) is 2.72. The summed E-state index contributed by atoms with van der Waals surface area (Å²) < 4.78 is 0. The van der Waals surface area contributed by atoms with Crippen molar-refractivity contribution < 1.29 is 9.59 Å². The van der Waals surface area contributed by atoms with Crippen molar-refractivity contribution in [1.82, 2.24) is 15.2 Å². The summed E-state index contributed by atoms with van der Waals surface area (Å²) in [5.41, 5.74) is 2.09. The van der Waals surface area contributed by atoms with Gasteiger partial charge in [0.2, 0.25) is 5.91 Å². The van der Waals surface area contributed by atoms with Gasteiger partial charge in [-0.3, -0.25) is 9.69 Å². The number of benzene rings is 1. The molecule has 0 saturated heterocycles. The molecule has 1 aromatic carbocycles. The largest absolute Gasteiger partial charge is 0.329 e. The Morgan fingerprint density at radius 3 is 2.48 bits per heavy atom. The SMILES string of the molecule is CNC(C)C(=O)Nc1ccc2c(n1)CN([C@@H](C)C(C)C)C(=O)N2c1cccc(Cl)c1.Cl. The first kappa shape index (κ1) is 24.9. The number of pyridine rings is 1. The third-order valence-electron chi connectivity index (χ3n) is 5.55. The first-order valence-electron chi connectivity index (χ1n) is 10.1. The zero-order chi connectivity index (χ0) is 22.0. The molecule has 0 aliphatic carbocycles. The molecule has 0 fully saturated rings. The Kier molecular flexibility index (Phi) is 8.28. The molecule has 3 amide bonds. The van der Waals surface area contributed by atoms with E-state index < -0.39 is 0 Å². The summed E-state index contributed by atoms with van der Waals surface area (Å²) in [4.78, 5) is 33.8. The molecule has 2 aromatic rings. The molecular weight excluding hydrogens is 437 g/mol. The van der Waals surface area contributed by atoms with Crippen LogP contribution in [0.2, 0.25) is 5.02 Å². The van der Waals surface area contributed by atoms with Crippen LogP contribution in [0.3, 0.4) is 0 Å². The topological polar surface area (TPSA) is 77.6 Å². The number of amides is 3. The van der Waals surface area contributed by atoms with E-state index in [0.29, 0.717) is 28.8 Å². The van der Waals surface area contributed by atoms with Crippen molar-refractivity contribution in [3.63, 3.8) is 0 Å². The second-order valence-corrected chi connectivity index (χ2v) is 8.31. The number of rotatable bonds is 6. The van der Waals surface area contributed by atoms with Crippen LogP contribution in [0.4, 0.5) is 22.0 Å². The van der Waals surface area contributed by atoms with Crippen molar-refractivity contribution in [2.75, 3.05) is 17.3 Å². The highest BCUT2D eigenvalue weighted by Crippen LogP contribution is 2.37. The fourth-order valence-electron chi connectivity index (χ4n) is 3.25. The van der Waals surface area contributed by atoms with Crippen LogP contribution in [0, 0.1) is 5.92 Å². The van der Waals surface area contributed by atoms with Crippen molar-refractivity contribution in [2.24, 2.45) is 5.92 Å². The maximum Gasteiger partial charge on any atom is 0.329 e. The van der Waals surface area contributed by atoms with Gasteiger partial charge in [-0.05, 0) is 57.1 Å². The lowest BCUT2D eigenvalue weighted by molar-refractivity contribution is -0.117. The maximum absolute atomic E-state index is 13.4. The van der Waals surface area contributed by atoms with Crippen LogP contribution < -0.4 is 15.5 Å². The Bertz CT molecular complexity index is 953. The fourth-order valence-corrected chi connectivity index (χ4v) is 3.44. The molecule has 7 nitrogen and oxygen atoms in total. The lowest BCUT2D eigenvalue weighted by Crippen LogP contribution is -2.50. The summed E-state index contributed by atoms with van der Waals surface area (Å²) in [6.07, 6.45) is 0. The Hall–Kier alpha value is -2.35. The summed E-state index contributed by atoms with van der Waals surface area (Å²) >= 11 is 6.19. The molecule has 1 aromatic heterocycles. The van der Waals surface area contributed by atoms with Crippen molar-refractivity contribution in [3.05, 3.63) is 47.1 Å². The highest BCUT2D eigenvalue weighted by atomic mass is 35.5. The first-order chi connectivity index (χ1) is 14.2. The third-order valence-corrected chi connectivity index (χ3v) is 5.78. The summed E-state index contributed by atoms with van der Waals surface area (Å²) in [6.45, 7) is 8.35. The number of carbonyl (C=O) groups is 2. The highest BCUT2D eigenvalue weighted by Gasteiger charge is 2.36. The molecule has 3 rings (SSSR count). The van der Waals surface area contributed by atoms with Crippen molar-refractivity contribution >= 4 is 53.1 Å². The Morgan fingerprint density at radius 2 is 1.87 bits per heavy atom. The van der Waals surface area contributed by atoms with Gasteiger partial charge in [0.25, 0.3) is 0 Å². The number of hydrogen-bond acceptors (Lipinski definition) is 4. The van der Waals surface area contributed by atoms with Crippen LogP contribution in [0.5, 0.6) is 0 Å². The molecule has 1 unspecified atom stereocenters. The fraction of sp³-hybridized carbons (Fsp3) is 0.409. The quantitative estimate of drug-likeness (QED) is 0.640. The molecule has 0 bridgehead atoms. The van der Waals surface area contributed by atoms with E-state index in [0.717, 1.165) is 5.69 Å². The molecule has 2 atom stereocenters. The molecule has 2 N–H and O–H groups in total. The molecule has 31 heavy (non-hydrogen) atoms. The molecule has 0 saturated carbocycles. The smallest absolute Gasteiger partial charge is 0.315 e. The number of hydrogen-bond donors (Lipinski definition) is 2. The standard InChI is InChI=1S/C22H28ClN5O2.ClH/c1-13(2)15(4)27-12-18-19(9-10-20(25-18)26-21(29)14(3)24-5)28(22(27)30)17-8-6-7-16(23)11-17;/h6-11,13-15,24H,12H2,1-5H3,(H,25,26,29);1H/t14?,15-;/m0./s1. The van der Waals surface area contributed by atoms with Gasteiger partial charge < -0.3 is 15.5 Å². The third kappa shape index (κ3) is 5.29. The second kappa shape index (κ2) is 10.3. The molecule has 1 aliphatic rings. The van der Waals surface area contributed by atoms with Crippen LogP contribution in [0.25, 0.3) is 0 Å². The van der Waals surface area contributed by atoms with Crippen molar-refractivity contribution in [3.8, 4) is 0 Å². The van der Waals surface area contributed by atoms with Crippen LogP contribution in [-0.4, -0.2) is 41.0 Å². The highest BCUT2D eigenvalue weighted by molar-refractivity contribution is 6.31. The van der Waals surface area contributed by atoms with Gasteiger partial charge in [-0.2, -0.15) is 0 Å². The van der Waals surface area contributed by atoms with Crippen LogP contribution in [0.1, 0.15) is 33.4 Å². The van der Waals surface area contributed by atoms with Gasteiger partial charge in [0.1, 0.15) is 5.82 Å². The summed E-state index contributed by atoms with van der Waals surface area (Å²) in [6, 6.07) is 10.3. The van der Waals surface area contributed by atoms with E-state index in [9.17, 15) is 9.59 Å². The van der Waals surface area contributed by atoms with Gasteiger partial charge in [-0.15, -0.1) is 12.4 Å². The van der Waals surface area contributed by atoms with Gasteiger partial charge in [-0.1, -0.05) is 31.5 Å². The number of fused-ring (bicyclic) bond motifs is 1. The maximum atomic E-state index is 13.4. The summed E-state index contributed by atoms with van der Waals surface area (Å²) in [5.74, 6) is 0.561. The van der Waals surface area contributed by atoms with Crippen molar-refractivity contribution in [2.45, 2.75) is 46.3 Å². The number of urea groups is 1. The zero-order valence-corrected chi connectivity index (χ0v) is 19.9. The van der Waals surface area contributed by atoms with Gasteiger partial charge in [-0.25, -0.2) is 9.78 Å². The molecule has 2 heterocycles. The van der Waals surface area contributed by atoms with Gasteiger partial charge in [0.15, 0.2) is 0 Å². The van der Waals surface area contributed by atoms with Crippen LogP contribution >= 0.6 is 24.0 Å². The number of aromatic nitrogens is 1. The van der Waals surface area contributed by atoms with Gasteiger partial charge in [0, 0.05) is 11.1 Å². The first-order valence-corrected chi connectivity index (χ1v) is 10.4. The minimum Gasteiger partial charge on any atom is -0.315 e. The monoisotopic (exact) mass is 465 g/mol. The predicted molar refractivity (Wildman–Crippen MR) is 127 cm³/mol. The Balaban J connectivity index is 0.00000341. The predicted octanol–water partition coefficient (Wildman–Crippen LogP) is 4.82. The van der Waals surface area contributed by atoms with Crippen molar-refractivity contribution in [1.29, 1.82) is 0 Å². The van der Waals surface area contributed by atoms with E-state index in [4.69, 9.17) is 11.6 Å². The van der Waals surface area contributed by atoms with E-state index in [1.807, 2.05) is 30.0 Å². The van der Waals surface area contributed by atoms with Crippen LogP contribution in [-0.2, 0) is 11.3 Å². The van der Waals surface area contributed by atoms with E-state index in [1.165, 1.54) is 0 Å². The molecule has 9 heteroatoms. The molecular formula is C22H29Cl2N5O2. The normalized spacial score (nSPS) is 15.3. The summed E-state index contributed by atoms with van der Waals surface area (Å²) in [7, 11) is 1.73. The lowest BCUT2D eigenvalue weighted by atomic mass is 10.0. The molecule has 0 radical (unpaired) electrons.